The molecule has 3 aromatic rings. The third kappa shape index (κ3) is 4.31. The van der Waals surface area contributed by atoms with Gasteiger partial charge in [-0.15, -0.1) is 0 Å². The summed E-state index contributed by atoms with van der Waals surface area (Å²) in [5.41, 5.74) is 2.73. The van der Waals surface area contributed by atoms with Crippen molar-refractivity contribution < 1.29 is 29.0 Å². The molecule has 1 atom stereocenters. The average molecular weight is 431 g/mol. The number of methoxy groups -OCH3 is 2. The Morgan fingerprint density at radius 1 is 1.00 bits per heavy atom. The van der Waals surface area contributed by atoms with Crippen LogP contribution in [0.25, 0.3) is 6.08 Å². The lowest BCUT2D eigenvalue weighted by Crippen LogP contribution is -3.06. The highest BCUT2D eigenvalue weighted by molar-refractivity contribution is 6.15. The lowest BCUT2D eigenvalue weighted by Gasteiger charge is -2.20. The number of Topliss-reactive ketones (excluding diaryl/α,β-unsaturated/α-hetero) is 1. The Kier molecular flexibility index (Phi) is 6.14. The van der Waals surface area contributed by atoms with Crippen molar-refractivity contribution in [3.8, 4) is 23.0 Å². The highest BCUT2D eigenvalue weighted by Gasteiger charge is 2.31. The van der Waals surface area contributed by atoms with Gasteiger partial charge < -0.3 is 24.2 Å². The van der Waals surface area contributed by atoms with E-state index in [1.54, 1.807) is 44.6 Å². The van der Waals surface area contributed by atoms with Crippen molar-refractivity contribution in [2.75, 3.05) is 21.3 Å². The van der Waals surface area contributed by atoms with Gasteiger partial charge in [-0.3, -0.25) is 4.79 Å². The Labute approximate surface area is 187 Å². The largest absolute Gasteiger partial charge is 0.872 e. The molecule has 1 unspecified atom stereocenters. The number of allylic oxidation sites excluding steroid dienone is 1. The predicted molar refractivity (Wildman–Crippen MR) is 119 cm³/mol. The maximum absolute atomic E-state index is 13.0. The molecule has 6 heteroatoms. The van der Waals surface area contributed by atoms with Gasteiger partial charge in [-0.1, -0.05) is 42.1 Å². The number of ether oxygens (including phenoxy) is 3. The number of hydrogen-bond donors (Lipinski definition) is 1. The van der Waals surface area contributed by atoms with E-state index in [2.05, 4.69) is 12.1 Å². The average Bonchev–Trinajstić information content (AvgIpc) is 3.11. The van der Waals surface area contributed by atoms with E-state index in [1.807, 2.05) is 25.2 Å². The molecule has 1 heterocycles. The summed E-state index contributed by atoms with van der Waals surface area (Å²) >= 11 is 0. The van der Waals surface area contributed by atoms with Gasteiger partial charge in [0.2, 0.25) is 5.78 Å². The monoisotopic (exact) mass is 431 g/mol. The summed E-state index contributed by atoms with van der Waals surface area (Å²) in [7, 11) is 5.14. The SMILES string of the molecule is COc1ccc(OC)c(C=C2Oc3c(ccc([O-])c3C[NH+](C)Cc3ccccc3)C2=O)c1. The Morgan fingerprint density at radius 3 is 2.50 bits per heavy atom. The van der Waals surface area contributed by atoms with Crippen LogP contribution < -0.4 is 24.2 Å². The Bertz CT molecular complexity index is 1170. The maximum Gasteiger partial charge on any atom is 0.231 e. The Morgan fingerprint density at radius 2 is 1.78 bits per heavy atom. The highest BCUT2D eigenvalue weighted by Crippen LogP contribution is 2.39. The van der Waals surface area contributed by atoms with Gasteiger partial charge >= 0.3 is 0 Å². The second-order valence-corrected chi connectivity index (χ2v) is 7.76. The fourth-order valence-corrected chi connectivity index (χ4v) is 3.86. The first-order valence-electron chi connectivity index (χ1n) is 10.3. The summed E-state index contributed by atoms with van der Waals surface area (Å²) in [6, 6.07) is 18.4. The molecular weight excluding hydrogens is 406 g/mol. The number of rotatable bonds is 7. The smallest absolute Gasteiger partial charge is 0.231 e. The summed E-state index contributed by atoms with van der Waals surface area (Å²) in [4.78, 5) is 14.1. The molecule has 0 saturated carbocycles. The molecule has 1 N–H and O–H groups in total. The number of nitrogens with one attached hydrogen (secondary N) is 1. The molecule has 0 fully saturated rings. The number of hydrogen-bond acceptors (Lipinski definition) is 5. The number of carbonyl (C=O) groups is 1. The standard InChI is InChI=1S/C26H25NO5/c1-27(15-17-7-5-4-6-8-17)16-21-22(28)11-10-20-25(29)24(32-26(20)21)14-18-13-19(30-2)9-12-23(18)31-3/h4-14,28H,15-16H2,1-3H3. The first kappa shape index (κ1) is 21.5. The van der Waals surface area contributed by atoms with Crippen LogP contribution in [0.1, 0.15) is 27.0 Å². The van der Waals surface area contributed by atoms with Crippen LogP contribution >= 0.6 is 0 Å². The zero-order chi connectivity index (χ0) is 22.7. The minimum atomic E-state index is -0.258. The van der Waals surface area contributed by atoms with Crippen LogP contribution in [-0.2, 0) is 13.1 Å². The van der Waals surface area contributed by atoms with Crippen molar-refractivity contribution in [2.24, 2.45) is 0 Å². The van der Waals surface area contributed by atoms with Crippen LogP contribution in [-0.4, -0.2) is 27.1 Å². The van der Waals surface area contributed by atoms with E-state index in [4.69, 9.17) is 14.2 Å². The maximum atomic E-state index is 13.0. The van der Waals surface area contributed by atoms with Gasteiger partial charge in [0.25, 0.3) is 0 Å². The summed E-state index contributed by atoms with van der Waals surface area (Å²) in [6.07, 6.45) is 1.62. The Balaban J connectivity index is 1.63. The second kappa shape index (κ2) is 9.16. The lowest BCUT2D eigenvalue weighted by atomic mass is 10.0. The number of ketones is 1. The Hall–Kier alpha value is -3.77. The molecular formula is C26H25NO5. The summed E-state index contributed by atoms with van der Waals surface area (Å²) in [5, 5.41) is 12.7. The van der Waals surface area contributed by atoms with E-state index in [-0.39, 0.29) is 17.3 Å². The summed E-state index contributed by atoms with van der Waals surface area (Å²) < 4.78 is 16.6. The van der Waals surface area contributed by atoms with Crippen molar-refractivity contribution in [2.45, 2.75) is 13.1 Å². The fourth-order valence-electron chi connectivity index (χ4n) is 3.86. The molecule has 6 nitrogen and oxygen atoms in total. The predicted octanol–water partition coefficient (Wildman–Crippen LogP) is 2.61. The molecule has 0 aromatic heterocycles. The van der Waals surface area contributed by atoms with Crippen LogP contribution in [0, 0.1) is 0 Å². The molecule has 164 valence electrons. The summed E-state index contributed by atoms with van der Waals surface area (Å²) in [6.45, 7) is 1.20. The van der Waals surface area contributed by atoms with Gasteiger partial charge in [-0.2, -0.15) is 0 Å². The van der Waals surface area contributed by atoms with Crippen molar-refractivity contribution in [1.82, 2.24) is 0 Å². The van der Waals surface area contributed by atoms with E-state index in [0.29, 0.717) is 40.5 Å². The molecule has 0 saturated heterocycles. The molecule has 4 rings (SSSR count). The van der Waals surface area contributed by atoms with Gasteiger partial charge in [-0.05, 0) is 30.3 Å². The molecule has 32 heavy (non-hydrogen) atoms. The molecule has 3 aromatic carbocycles. The molecule has 1 aliphatic rings. The van der Waals surface area contributed by atoms with Gasteiger partial charge in [0.1, 0.15) is 30.3 Å². The minimum Gasteiger partial charge on any atom is -0.872 e. The quantitative estimate of drug-likeness (QED) is 0.583. The lowest BCUT2D eigenvalue weighted by molar-refractivity contribution is -0.907. The van der Waals surface area contributed by atoms with Crippen LogP contribution in [0.3, 0.4) is 0 Å². The molecule has 0 aliphatic carbocycles. The van der Waals surface area contributed by atoms with E-state index < -0.39 is 0 Å². The zero-order valence-electron chi connectivity index (χ0n) is 18.3. The van der Waals surface area contributed by atoms with Crippen molar-refractivity contribution in [1.29, 1.82) is 0 Å². The third-order valence-electron chi connectivity index (χ3n) is 5.45. The first-order valence-corrected chi connectivity index (χ1v) is 10.3. The van der Waals surface area contributed by atoms with E-state index in [0.717, 1.165) is 11.4 Å². The molecule has 1 aliphatic heterocycles. The number of quaternary nitrogens is 1. The van der Waals surface area contributed by atoms with Crippen LogP contribution in [0.5, 0.6) is 23.0 Å². The van der Waals surface area contributed by atoms with Crippen LogP contribution in [0.2, 0.25) is 0 Å². The van der Waals surface area contributed by atoms with E-state index in [1.165, 1.54) is 11.6 Å². The van der Waals surface area contributed by atoms with E-state index >= 15 is 0 Å². The summed E-state index contributed by atoms with van der Waals surface area (Å²) in [5.74, 6) is 1.33. The van der Waals surface area contributed by atoms with Crippen molar-refractivity contribution in [3.05, 3.63) is 88.7 Å². The number of benzene rings is 3. The molecule has 0 spiro atoms. The molecule has 0 amide bonds. The zero-order valence-corrected chi connectivity index (χ0v) is 18.3. The third-order valence-corrected chi connectivity index (χ3v) is 5.45. The van der Waals surface area contributed by atoms with Gasteiger partial charge in [0.15, 0.2) is 5.76 Å². The van der Waals surface area contributed by atoms with Gasteiger partial charge in [-0.25, -0.2) is 0 Å². The first-order chi connectivity index (χ1) is 15.5. The molecule has 0 radical (unpaired) electrons. The van der Waals surface area contributed by atoms with Crippen LogP contribution in [0.4, 0.5) is 0 Å². The van der Waals surface area contributed by atoms with Crippen molar-refractivity contribution >= 4 is 11.9 Å². The normalized spacial score (nSPS) is 14.7. The van der Waals surface area contributed by atoms with Gasteiger partial charge in [0, 0.05) is 16.7 Å². The highest BCUT2D eigenvalue weighted by atomic mass is 16.5. The number of fused-ring (bicyclic) bond motifs is 1. The van der Waals surface area contributed by atoms with Crippen molar-refractivity contribution in [3.63, 3.8) is 0 Å². The topological polar surface area (TPSA) is 72.3 Å². The van der Waals surface area contributed by atoms with Gasteiger partial charge in [0.05, 0.1) is 26.8 Å². The molecule has 0 bridgehead atoms. The van der Waals surface area contributed by atoms with E-state index in [9.17, 15) is 9.90 Å². The van der Waals surface area contributed by atoms with Crippen LogP contribution in [0.15, 0.2) is 66.4 Å². The number of carbonyl (C=O) groups excluding carboxylic acids is 1. The minimum absolute atomic E-state index is 0.135. The fraction of sp³-hybridized carbons (Fsp3) is 0.192. The second-order valence-electron chi connectivity index (χ2n) is 7.76.